The molecule has 32 heavy (non-hydrogen) atoms. The van der Waals surface area contributed by atoms with Crippen LogP contribution in [0.3, 0.4) is 0 Å². The van der Waals surface area contributed by atoms with Crippen molar-refractivity contribution in [3.8, 4) is 11.5 Å². The van der Waals surface area contributed by atoms with Crippen LogP contribution in [0.15, 0.2) is 66.3 Å². The first kappa shape index (κ1) is 26.4. The van der Waals surface area contributed by atoms with Crippen molar-refractivity contribution >= 4 is 18.7 Å². The Balaban J connectivity index is 0.000000330. The van der Waals surface area contributed by atoms with Crippen LogP contribution in [0.4, 0.5) is 8.78 Å². The quantitative estimate of drug-likeness (QED) is 0.672. The minimum Gasteiger partial charge on any atom is -0.483 e. The zero-order valence-electron chi connectivity index (χ0n) is 17.8. The van der Waals surface area contributed by atoms with E-state index in [9.17, 15) is 18.4 Å². The average molecular weight is 448 g/mol. The predicted molar refractivity (Wildman–Crippen MR) is 116 cm³/mol. The number of likely N-dealkylation sites (tertiary alicyclic amines) is 1. The van der Waals surface area contributed by atoms with E-state index in [-0.39, 0.29) is 25.0 Å². The molecule has 0 saturated carbocycles. The molecule has 0 aliphatic carbocycles. The molecule has 3 rings (SSSR count). The van der Waals surface area contributed by atoms with Gasteiger partial charge in [-0.05, 0) is 56.8 Å². The molecule has 1 aliphatic rings. The van der Waals surface area contributed by atoms with Gasteiger partial charge in [-0.15, -0.1) is 0 Å². The van der Waals surface area contributed by atoms with Crippen LogP contribution in [0, 0.1) is 0 Å². The van der Waals surface area contributed by atoms with Gasteiger partial charge in [0.15, 0.2) is 0 Å². The maximum Gasteiger partial charge on any atom is 0.290 e. The van der Waals surface area contributed by atoms with Gasteiger partial charge in [0.25, 0.3) is 18.5 Å². The molecule has 0 bridgehead atoms. The van der Waals surface area contributed by atoms with Crippen LogP contribution in [-0.2, 0) is 9.59 Å². The highest BCUT2D eigenvalue weighted by Crippen LogP contribution is 2.24. The van der Waals surface area contributed by atoms with Gasteiger partial charge in [-0.1, -0.05) is 18.2 Å². The van der Waals surface area contributed by atoms with Crippen molar-refractivity contribution in [2.24, 2.45) is 0 Å². The Kier molecular flexibility index (Phi) is 11.9. The SMILES string of the molecule is CC1CC(=C(F)F)CN1C.O=CCNC(=O)c1ccc(Oc2ccccc2)cc1.O=CO. The number of amides is 1. The van der Waals surface area contributed by atoms with Crippen molar-refractivity contribution in [1.82, 2.24) is 10.2 Å². The molecule has 1 heterocycles. The third kappa shape index (κ3) is 9.48. The lowest BCUT2D eigenvalue weighted by Crippen LogP contribution is -2.24. The number of likely N-dealkylation sites (N-methyl/N-ethyl adjacent to an activating group) is 1. The van der Waals surface area contributed by atoms with E-state index in [0.29, 0.717) is 36.1 Å². The maximum atomic E-state index is 11.9. The maximum absolute atomic E-state index is 11.9. The molecule has 172 valence electrons. The van der Waals surface area contributed by atoms with Crippen molar-refractivity contribution in [1.29, 1.82) is 0 Å². The molecule has 1 unspecified atom stereocenters. The molecule has 2 N–H and O–H groups in total. The highest BCUT2D eigenvalue weighted by Gasteiger charge is 2.23. The molecule has 0 spiro atoms. The van der Waals surface area contributed by atoms with Crippen molar-refractivity contribution < 1.29 is 33.0 Å². The summed E-state index contributed by atoms with van der Waals surface area (Å²) in [5.74, 6) is 1.11. The van der Waals surface area contributed by atoms with E-state index in [1.54, 1.807) is 24.3 Å². The molecular formula is C23H26F2N2O5. The van der Waals surface area contributed by atoms with Gasteiger partial charge in [0.05, 0.1) is 6.54 Å². The Morgan fingerprint density at radius 1 is 1.12 bits per heavy atom. The van der Waals surface area contributed by atoms with E-state index >= 15 is 0 Å². The number of aldehydes is 1. The van der Waals surface area contributed by atoms with E-state index in [1.165, 1.54) is 0 Å². The van der Waals surface area contributed by atoms with Crippen LogP contribution < -0.4 is 10.1 Å². The van der Waals surface area contributed by atoms with Crippen LogP contribution >= 0.6 is 0 Å². The Bertz CT molecular complexity index is 873. The summed E-state index contributed by atoms with van der Waals surface area (Å²) < 4.78 is 29.5. The fourth-order valence-corrected chi connectivity index (χ4v) is 2.71. The van der Waals surface area contributed by atoms with E-state index in [0.717, 1.165) is 5.75 Å². The number of carbonyl (C=O) groups is 3. The number of hydrogen-bond acceptors (Lipinski definition) is 5. The van der Waals surface area contributed by atoms with Gasteiger partial charge in [-0.25, -0.2) is 0 Å². The minimum atomic E-state index is -1.49. The topological polar surface area (TPSA) is 95.9 Å². The smallest absolute Gasteiger partial charge is 0.290 e. The lowest BCUT2D eigenvalue weighted by molar-refractivity contribution is -0.122. The number of rotatable bonds is 5. The Morgan fingerprint density at radius 3 is 2.12 bits per heavy atom. The zero-order chi connectivity index (χ0) is 23.9. The number of nitrogens with one attached hydrogen (secondary N) is 1. The summed E-state index contributed by atoms with van der Waals surface area (Å²) in [6.07, 6.45) is -0.319. The first-order valence-corrected chi connectivity index (χ1v) is 9.68. The average Bonchev–Trinajstić information content (AvgIpc) is 3.13. The number of benzene rings is 2. The van der Waals surface area contributed by atoms with E-state index in [1.807, 2.05) is 49.2 Å². The fourth-order valence-electron chi connectivity index (χ4n) is 2.71. The Morgan fingerprint density at radius 2 is 1.69 bits per heavy atom. The summed E-state index contributed by atoms with van der Waals surface area (Å²) in [6.45, 7) is 2.15. The molecule has 1 saturated heterocycles. The first-order valence-electron chi connectivity index (χ1n) is 9.68. The van der Waals surface area contributed by atoms with Gasteiger partial charge < -0.3 is 20.0 Å². The number of carboxylic acid groups (broad SMARTS) is 1. The zero-order valence-corrected chi connectivity index (χ0v) is 17.8. The van der Waals surface area contributed by atoms with Crippen molar-refractivity contribution in [2.75, 3.05) is 20.1 Å². The summed E-state index contributed by atoms with van der Waals surface area (Å²) >= 11 is 0. The third-order valence-corrected chi connectivity index (χ3v) is 4.44. The van der Waals surface area contributed by atoms with Crippen molar-refractivity contribution in [2.45, 2.75) is 19.4 Å². The standard InChI is InChI=1S/C15H13NO3.C7H11F2N.CH2O2/c17-11-10-16-15(18)12-6-8-14(9-7-12)19-13-4-2-1-3-5-13;1-5-3-6(7(8)9)4-10(5)2;2-1-3/h1-9,11H,10H2,(H,16,18);5H,3-4H2,1-2H3;1H,(H,2,3). The monoisotopic (exact) mass is 448 g/mol. The van der Waals surface area contributed by atoms with Crippen LogP contribution in [-0.4, -0.2) is 54.9 Å². The second-order valence-corrected chi connectivity index (χ2v) is 6.75. The van der Waals surface area contributed by atoms with Gasteiger partial charge in [-0.2, -0.15) is 8.78 Å². The number of nitrogens with zero attached hydrogens (tertiary/aromatic N) is 1. The van der Waals surface area contributed by atoms with E-state index in [4.69, 9.17) is 14.6 Å². The summed E-state index contributed by atoms with van der Waals surface area (Å²) in [4.78, 5) is 32.0. The molecule has 0 radical (unpaired) electrons. The third-order valence-electron chi connectivity index (χ3n) is 4.44. The Hall–Kier alpha value is -3.59. The molecule has 0 aromatic heterocycles. The second-order valence-electron chi connectivity index (χ2n) is 6.75. The molecule has 2 aromatic rings. The predicted octanol–water partition coefficient (Wildman–Crippen LogP) is 3.97. The molecule has 2 aromatic carbocycles. The number of hydrogen-bond donors (Lipinski definition) is 2. The van der Waals surface area contributed by atoms with Crippen LogP contribution in [0.2, 0.25) is 0 Å². The van der Waals surface area contributed by atoms with Gasteiger partial charge in [0, 0.05) is 23.7 Å². The Labute approximate surface area is 185 Å². The van der Waals surface area contributed by atoms with E-state index < -0.39 is 6.08 Å². The lowest BCUT2D eigenvalue weighted by atomic mass is 10.2. The van der Waals surface area contributed by atoms with Crippen LogP contribution in [0.1, 0.15) is 23.7 Å². The molecule has 9 heteroatoms. The van der Waals surface area contributed by atoms with Crippen molar-refractivity contribution in [3.05, 3.63) is 71.8 Å². The molecule has 7 nitrogen and oxygen atoms in total. The van der Waals surface area contributed by atoms with Gasteiger partial charge >= 0.3 is 0 Å². The first-order chi connectivity index (χ1) is 15.3. The highest BCUT2D eigenvalue weighted by atomic mass is 19.3. The summed E-state index contributed by atoms with van der Waals surface area (Å²) in [6, 6.07) is 16.4. The van der Waals surface area contributed by atoms with Gasteiger partial charge in [0.2, 0.25) is 0 Å². The largest absolute Gasteiger partial charge is 0.483 e. The van der Waals surface area contributed by atoms with Crippen molar-refractivity contribution in [3.63, 3.8) is 0 Å². The molecule has 1 atom stereocenters. The second kappa shape index (κ2) is 14.4. The fraction of sp³-hybridized carbons (Fsp3) is 0.261. The number of para-hydroxylation sites is 1. The van der Waals surface area contributed by atoms with Gasteiger partial charge in [0.1, 0.15) is 17.8 Å². The lowest BCUT2D eigenvalue weighted by Gasteiger charge is -2.11. The summed E-state index contributed by atoms with van der Waals surface area (Å²) in [5.41, 5.74) is 0.789. The normalized spacial score (nSPS) is 14.8. The number of halogens is 2. The number of ether oxygens (including phenoxy) is 1. The van der Waals surface area contributed by atoms with Crippen LogP contribution in [0.25, 0.3) is 0 Å². The highest BCUT2D eigenvalue weighted by molar-refractivity contribution is 5.95. The number of carbonyl (C=O) groups excluding carboxylic acids is 2. The van der Waals surface area contributed by atoms with Gasteiger partial charge in [-0.3, -0.25) is 14.5 Å². The molecule has 1 amide bonds. The molecule has 1 fully saturated rings. The summed E-state index contributed by atoms with van der Waals surface area (Å²) in [7, 11) is 1.86. The minimum absolute atomic E-state index is 0.0150. The molecule has 1 aliphatic heterocycles. The van der Waals surface area contributed by atoms with Crippen LogP contribution in [0.5, 0.6) is 11.5 Å². The molecular weight excluding hydrogens is 422 g/mol. The van der Waals surface area contributed by atoms with E-state index in [2.05, 4.69) is 5.32 Å². The summed E-state index contributed by atoms with van der Waals surface area (Å²) in [5, 5.41) is 9.36.